The van der Waals surface area contributed by atoms with E-state index >= 15 is 0 Å². The fourth-order valence-corrected chi connectivity index (χ4v) is 1.44. The molecule has 0 atom stereocenters. The molecule has 3 heteroatoms. The average molecular weight is 157 g/mol. The van der Waals surface area contributed by atoms with E-state index in [0.717, 1.165) is 25.7 Å². The fourth-order valence-electron chi connectivity index (χ4n) is 1.44. The van der Waals surface area contributed by atoms with Gasteiger partial charge in [-0.25, -0.2) is 0 Å². The van der Waals surface area contributed by atoms with Crippen LogP contribution in [0.15, 0.2) is 0 Å². The van der Waals surface area contributed by atoms with Crippen LogP contribution in [0.4, 0.5) is 0 Å². The molecular formula is C8H15NO2. The van der Waals surface area contributed by atoms with E-state index < -0.39 is 0 Å². The van der Waals surface area contributed by atoms with E-state index in [2.05, 4.69) is 0 Å². The zero-order valence-corrected chi connectivity index (χ0v) is 6.88. The first kappa shape index (κ1) is 8.53. The Hall–Kier alpha value is -0.570. The molecule has 0 saturated heterocycles. The summed E-state index contributed by atoms with van der Waals surface area (Å²) in [6.07, 6.45) is 3.96. The van der Waals surface area contributed by atoms with E-state index in [1.54, 1.807) is 0 Å². The van der Waals surface area contributed by atoms with Crippen LogP contribution in [0, 0.1) is 0 Å². The second kappa shape index (κ2) is 3.72. The summed E-state index contributed by atoms with van der Waals surface area (Å²) in [6.45, 7) is 1.45. The van der Waals surface area contributed by atoms with Gasteiger partial charge in [-0.05, 0) is 25.7 Å². The third-order valence-corrected chi connectivity index (χ3v) is 2.05. The van der Waals surface area contributed by atoms with E-state index in [0.29, 0.717) is 6.04 Å². The maximum absolute atomic E-state index is 10.5. The summed E-state index contributed by atoms with van der Waals surface area (Å²) >= 11 is 0. The first-order valence-corrected chi connectivity index (χ1v) is 4.11. The zero-order chi connectivity index (χ0) is 8.27. The number of hydrogen-bond donors (Lipinski definition) is 1. The Morgan fingerprint density at radius 1 is 1.36 bits per heavy atom. The number of esters is 1. The molecule has 0 aliphatic heterocycles. The molecule has 1 fully saturated rings. The van der Waals surface area contributed by atoms with Crippen LogP contribution in [0.5, 0.6) is 0 Å². The van der Waals surface area contributed by atoms with Crippen molar-refractivity contribution in [1.82, 2.24) is 0 Å². The van der Waals surface area contributed by atoms with Crippen molar-refractivity contribution in [2.45, 2.75) is 44.8 Å². The highest BCUT2D eigenvalue weighted by Gasteiger charge is 2.19. The van der Waals surface area contributed by atoms with Crippen LogP contribution in [-0.4, -0.2) is 18.1 Å². The van der Waals surface area contributed by atoms with Gasteiger partial charge in [0, 0.05) is 13.0 Å². The van der Waals surface area contributed by atoms with Crippen molar-refractivity contribution in [3.05, 3.63) is 0 Å². The van der Waals surface area contributed by atoms with E-state index in [4.69, 9.17) is 10.5 Å². The first-order chi connectivity index (χ1) is 5.18. The van der Waals surface area contributed by atoms with Gasteiger partial charge in [-0.15, -0.1) is 0 Å². The predicted molar refractivity (Wildman–Crippen MR) is 42.0 cm³/mol. The molecule has 0 unspecified atom stereocenters. The number of carbonyl (C=O) groups is 1. The number of ether oxygens (including phenoxy) is 1. The van der Waals surface area contributed by atoms with Gasteiger partial charge < -0.3 is 10.5 Å². The molecule has 0 spiro atoms. The zero-order valence-electron chi connectivity index (χ0n) is 6.88. The molecule has 1 rings (SSSR count). The molecule has 2 N–H and O–H groups in total. The molecule has 0 bridgehead atoms. The van der Waals surface area contributed by atoms with Crippen molar-refractivity contribution in [3.63, 3.8) is 0 Å². The second-order valence-electron chi connectivity index (χ2n) is 3.15. The average Bonchev–Trinajstić information content (AvgIpc) is 1.93. The van der Waals surface area contributed by atoms with Crippen LogP contribution in [0.25, 0.3) is 0 Å². The molecule has 3 nitrogen and oxygen atoms in total. The van der Waals surface area contributed by atoms with E-state index in [1.165, 1.54) is 6.92 Å². The topological polar surface area (TPSA) is 52.3 Å². The van der Waals surface area contributed by atoms with Gasteiger partial charge in [-0.2, -0.15) is 0 Å². The molecule has 0 aromatic carbocycles. The highest BCUT2D eigenvalue weighted by Crippen LogP contribution is 2.19. The van der Waals surface area contributed by atoms with Gasteiger partial charge in [-0.1, -0.05) is 0 Å². The van der Waals surface area contributed by atoms with E-state index in [-0.39, 0.29) is 12.1 Å². The van der Waals surface area contributed by atoms with Crippen molar-refractivity contribution in [2.24, 2.45) is 5.73 Å². The first-order valence-electron chi connectivity index (χ1n) is 4.11. The van der Waals surface area contributed by atoms with Crippen molar-refractivity contribution in [2.75, 3.05) is 0 Å². The molecule has 0 heterocycles. The lowest BCUT2D eigenvalue weighted by molar-refractivity contribution is -0.147. The number of hydrogen-bond acceptors (Lipinski definition) is 3. The lowest BCUT2D eigenvalue weighted by atomic mass is 9.94. The van der Waals surface area contributed by atoms with E-state index in [1.807, 2.05) is 0 Å². The molecule has 1 aliphatic rings. The molecule has 1 saturated carbocycles. The third-order valence-electron chi connectivity index (χ3n) is 2.05. The minimum atomic E-state index is -0.175. The van der Waals surface area contributed by atoms with Crippen LogP contribution >= 0.6 is 0 Å². The monoisotopic (exact) mass is 157 g/mol. The molecule has 11 heavy (non-hydrogen) atoms. The van der Waals surface area contributed by atoms with Gasteiger partial charge in [-0.3, -0.25) is 4.79 Å². The Labute approximate surface area is 66.9 Å². The minimum Gasteiger partial charge on any atom is -0.463 e. The minimum absolute atomic E-state index is 0.132. The summed E-state index contributed by atoms with van der Waals surface area (Å²) < 4.78 is 5.04. The van der Waals surface area contributed by atoms with E-state index in [9.17, 15) is 4.79 Å². The van der Waals surface area contributed by atoms with Crippen LogP contribution < -0.4 is 5.73 Å². The Bertz CT molecular complexity index is 139. The van der Waals surface area contributed by atoms with Crippen molar-refractivity contribution in [3.8, 4) is 0 Å². The lowest BCUT2D eigenvalue weighted by Crippen LogP contribution is -2.31. The third kappa shape index (κ3) is 2.89. The summed E-state index contributed by atoms with van der Waals surface area (Å²) in [5, 5.41) is 0. The van der Waals surface area contributed by atoms with Crippen molar-refractivity contribution < 1.29 is 9.53 Å². The fraction of sp³-hybridized carbons (Fsp3) is 0.875. The smallest absolute Gasteiger partial charge is 0.302 e. The number of rotatable bonds is 1. The summed E-state index contributed by atoms with van der Waals surface area (Å²) in [5.74, 6) is -0.175. The van der Waals surface area contributed by atoms with Gasteiger partial charge in [0.1, 0.15) is 6.10 Å². The van der Waals surface area contributed by atoms with Crippen LogP contribution in [0.3, 0.4) is 0 Å². The van der Waals surface area contributed by atoms with Crippen LogP contribution in [-0.2, 0) is 9.53 Å². The molecule has 0 aromatic rings. The highest BCUT2D eigenvalue weighted by molar-refractivity contribution is 5.66. The lowest BCUT2D eigenvalue weighted by Gasteiger charge is -2.25. The second-order valence-corrected chi connectivity index (χ2v) is 3.15. The maximum atomic E-state index is 10.5. The predicted octanol–water partition coefficient (Wildman–Crippen LogP) is 0.819. The highest BCUT2D eigenvalue weighted by atomic mass is 16.5. The summed E-state index contributed by atoms with van der Waals surface area (Å²) in [6, 6.07) is 0.321. The molecule has 64 valence electrons. The Kier molecular flexibility index (Phi) is 2.88. The van der Waals surface area contributed by atoms with Gasteiger partial charge in [0.15, 0.2) is 0 Å². The molecule has 0 radical (unpaired) electrons. The summed E-state index contributed by atoms with van der Waals surface area (Å²) in [5.41, 5.74) is 5.69. The molecule has 1 aliphatic carbocycles. The van der Waals surface area contributed by atoms with Crippen LogP contribution in [0.2, 0.25) is 0 Å². The number of nitrogens with two attached hydrogens (primary N) is 1. The molecular weight excluding hydrogens is 142 g/mol. The normalized spacial score (nSPS) is 31.5. The quantitative estimate of drug-likeness (QED) is 0.573. The van der Waals surface area contributed by atoms with Gasteiger partial charge in [0.05, 0.1) is 0 Å². The van der Waals surface area contributed by atoms with Gasteiger partial charge in [0.25, 0.3) is 0 Å². The van der Waals surface area contributed by atoms with Crippen LogP contribution in [0.1, 0.15) is 32.6 Å². The Balaban J connectivity index is 2.22. The molecule has 0 amide bonds. The van der Waals surface area contributed by atoms with Crippen molar-refractivity contribution in [1.29, 1.82) is 0 Å². The summed E-state index contributed by atoms with van der Waals surface area (Å²) in [7, 11) is 0. The van der Waals surface area contributed by atoms with Crippen molar-refractivity contribution >= 4 is 5.97 Å². The Morgan fingerprint density at radius 2 is 1.91 bits per heavy atom. The standard InChI is InChI=1S/C8H15NO2/c1-6(10)11-8-4-2-7(9)3-5-8/h7-8H,2-5,9H2,1H3/t7-,8-. The maximum Gasteiger partial charge on any atom is 0.302 e. The number of carbonyl (C=O) groups excluding carboxylic acids is 1. The summed E-state index contributed by atoms with van der Waals surface area (Å²) in [4.78, 5) is 10.5. The SMILES string of the molecule is CC(=O)O[C@H]1CC[C@H](N)CC1. The van der Waals surface area contributed by atoms with Gasteiger partial charge >= 0.3 is 5.97 Å². The Morgan fingerprint density at radius 3 is 2.36 bits per heavy atom. The largest absolute Gasteiger partial charge is 0.463 e. The van der Waals surface area contributed by atoms with Gasteiger partial charge in [0.2, 0.25) is 0 Å². The molecule has 0 aromatic heterocycles.